The van der Waals surface area contributed by atoms with Crippen molar-refractivity contribution in [3.8, 4) is 0 Å². The van der Waals surface area contributed by atoms with E-state index in [0.717, 1.165) is 30.8 Å². The minimum Gasteiger partial charge on any atom is -0.444 e. The SMILES string of the molecule is CCN(CC)Cc1ccc(C(CNC(=O)OC(C)(C)C)c2cccnc2)cc1. The normalized spacial score (nSPS) is 12.6. The van der Waals surface area contributed by atoms with Crippen LogP contribution in [0.4, 0.5) is 4.79 Å². The minimum atomic E-state index is -0.514. The molecule has 5 heteroatoms. The average molecular weight is 384 g/mol. The highest BCUT2D eigenvalue weighted by Gasteiger charge is 2.19. The Balaban J connectivity index is 2.14. The van der Waals surface area contributed by atoms with E-state index in [2.05, 4.69) is 53.3 Å². The highest BCUT2D eigenvalue weighted by atomic mass is 16.6. The second kappa shape index (κ2) is 10.2. The average Bonchev–Trinajstić information content (AvgIpc) is 2.67. The van der Waals surface area contributed by atoms with Gasteiger partial charge in [-0.1, -0.05) is 44.2 Å². The molecule has 2 rings (SSSR count). The molecule has 28 heavy (non-hydrogen) atoms. The number of ether oxygens (including phenoxy) is 1. The predicted octanol–water partition coefficient (Wildman–Crippen LogP) is 4.58. The molecule has 152 valence electrons. The van der Waals surface area contributed by atoms with Crippen molar-refractivity contribution < 1.29 is 9.53 Å². The van der Waals surface area contributed by atoms with Crippen molar-refractivity contribution in [3.63, 3.8) is 0 Å². The van der Waals surface area contributed by atoms with Crippen molar-refractivity contribution in [1.29, 1.82) is 0 Å². The summed E-state index contributed by atoms with van der Waals surface area (Å²) in [5.41, 5.74) is 2.99. The standard InChI is InChI=1S/C23H33N3O2/c1-6-26(7-2)17-18-10-12-19(13-11-18)21(20-9-8-14-24-15-20)16-25-22(27)28-23(3,4)5/h8-15,21H,6-7,16-17H2,1-5H3,(H,25,27). The van der Waals surface area contributed by atoms with Crippen LogP contribution in [0.3, 0.4) is 0 Å². The first-order valence-electron chi connectivity index (χ1n) is 10.00. The lowest BCUT2D eigenvalue weighted by Crippen LogP contribution is -2.35. The number of carbonyl (C=O) groups excluding carboxylic acids is 1. The third-order valence-electron chi connectivity index (χ3n) is 4.62. The fraction of sp³-hybridized carbons (Fsp3) is 0.478. The number of carbonyl (C=O) groups is 1. The maximum absolute atomic E-state index is 12.1. The van der Waals surface area contributed by atoms with Crippen molar-refractivity contribution in [3.05, 3.63) is 65.5 Å². The zero-order chi connectivity index (χ0) is 20.6. The summed E-state index contributed by atoms with van der Waals surface area (Å²) in [7, 11) is 0. The van der Waals surface area contributed by atoms with Gasteiger partial charge in [0.25, 0.3) is 0 Å². The number of nitrogens with one attached hydrogen (secondary N) is 1. The van der Waals surface area contributed by atoms with Gasteiger partial charge >= 0.3 is 6.09 Å². The Kier molecular flexibility index (Phi) is 8.00. The minimum absolute atomic E-state index is 0.0173. The van der Waals surface area contributed by atoms with E-state index >= 15 is 0 Å². The van der Waals surface area contributed by atoms with E-state index < -0.39 is 11.7 Å². The number of amides is 1. The summed E-state index contributed by atoms with van der Waals surface area (Å²) in [4.78, 5) is 18.7. The number of pyridine rings is 1. The maximum Gasteiger partial charge on any atom is 0.407 e. The Morgan fingerprint density at radius 3 is 2.32 bits per heavy atom. The molecule has 1 amide bonds. The van der Waals surface area contributed by atoms with Crippen molar-refractivity contribution in [2.45, 2.75) is 52.7 Å². The lowest BCUT2D eigenvalue weighted by molar-refractivity contribution is 0.0526. The predicted molar refractivity (Wildman–Crippen MR) is 113 cm³/mol. The molecular formula is C23H33N3O2. The molecule has 1 N–H and O–H groups in total. The lowest BCUT2D eigenvalue weighted by atomic mass is 9.91. The van der Waals surface area contributed by atoms with E-state index in [1.165, 1.54) is 5.56 Å². The lowest BCUT2D eigenvalue weighted by Gasteiger charge is -2.23. The highest BCUT2D eigenvalue weighted by molar-refractivity contribution is 5.67. The molecule has 1 aromatic heterocycles. The number of hydrogen-bond donors (Lipinski definition) is 1. The van der Waals surface area contributed by atoms with Gasteiger partial charge in [0.1, 0.15) is 5.60 Å². The van der Waals surface area contributed by atoms with Crippen LogP contribution in [0.25, 0.3) is 0 Å². The van der Waals surface area contributed by atoms with Crippen molar-refractivity contribution in [1.82, 2.24) is 15.2 Å². The zero-order valence-corrected chi connectivity index (χ0v) is 17.7. The van der Waals surface area contributed by atoms with Gasteiger partial charge in [-0.05, 0) is 56.6 Å². The van der Waals surface area contributed by atoms with E-state index in [-0.39, 0.29) is 5.92 Å². The van der Waals surface area contributed by atoms with Crippen LogP contribution in [-0.4, -0.2) is 41.2 Å². The van der Waals surface area contributed by atoms with Gasteiger partial charge < -0.3 is 10.1 Å². The van der Waals surface area contributed by atoms with E-state index in [4.69, 9.17) is 4.74 Å². The molecule has 5 nitrogen and oxygen atoms in total. The van der Waals surface area contributed by atoms with E-state index in [1.54, 1.807) is 6.20 Å². The molecule has 1 aromatic carbocycles. The summed E-state index contributed by atoms with van der Waals surface area (Å²) >= 11 is 0. The molecule has 0 fully saturated rings. The van der Waals surface area contributed by atoms with Crippen LogP contribution in [0.5, 0.6) is 0 Å². The van der Waals surface area contributed by atoms with Gasteiger partial charge in [0.15, 0.2) is 0 Å². The molecule has 0 aliphatic heterocycles. The Morgan fingerprint density at radius 1 is 1.11 bits per heavy atom. The first kappa shape index (κ1) is 21.9. The topological polar surface area (TPSA) is 54.5 Å². The number of aromatic nitrogens is 1. The molecule has 1 heterocycles. The van der Waals surface area contributed by atoms with Gasteiger partial charge in [0, 0.05) is 31.4 Å². The molecule has 0 saturated carbocycles. The molecule has 0 radical (unpaired) electrons. The van der Waals surface area contributed by atoms with Gasteiger partial charge in [-0.25, -0.2) is 4.79 Å². The van der Waals surface area contributed by atoms with Crippen molar-refractivity contribution in [2.75, 3.05) is 19.6 Å². The van der Waals surface area contributed by atoms with E-state index in [0.29, 0.717) is 6.54 Å². The molecule has 0 saturated heterocycles. The molecule has 0 spiro atoms. The summed E-state index contributed by atoms with van der Waals surface area (Å²) in [5, 5.41) is 2.90. The van der Waals surface area contributed by atoms with Gasteiger partial charge in [0.05, 0.1) is 0 Å². The van der Waals surface area contributed by atoms with Crippen LogP contribution in [0.15, 0.2) is 48.8 Å². The summed E-state index contributed by atoms with van der Waals surface area (Å²) in [6.07, 6.45) is 3.21. The van der Waals surface area contributed by atoms with Gasteiger partial charge in [-0.2, -0.15) is 0 Å². The first-order valence-corrected chi connectivity index (χ1v) is 10.00. The van der Waals surface area contributed by atoms with Crippen LogP contribution in [-0.2, 0) is 11.3 Å². The number of nitrogens with zero attached hydrogens (tertiary/aromatic N) is 2. The number of benzene rings is 1. The number of hydrogen-bond acceptors (Lipinski definition) is 4. The van der Waals surface area contributed by atoms with Crippen LogP contribution in [0.1, 0.15) is 57.2 Å². The largest absolute Gasteiger partial charge is 0.444 e. The monoisotopic (exact) mass is 383 g/mol. The Morgan fingerprint density at radius 2 is 1.79 bits per heavy atom. The Hall–Kier alpha value is -2.40. The van der Waals surface area contributed by atoms with Crippen LogP contribution in [0.2, 0.25) is 0 Å². The zero-order valence-electron chi connectivity index (χ0n) is 17.7. The first-order chi connectivity index (χ1) is 13.3. The van der Waals surface area contributed by atoms with Crippen molar-refractivity contribution >= 4 is 6.09 Å². The highest BCUT2D eigenvalue weighted by Crippen LogP contribution is 2.24. The summed E-state index contributed by atoms with van der Waals surface area (Å²) in [6.45, 7) is 13.4. The summed E-state index contributed by atoms with van der Waals surface area (Å²) in [5.74, 6) is 0.0173. The molecule has 0 aliphatic carbocycles. The third kappa shape index (κ3) is 6.97. The fourth-order valence-electron chi connectivity index (χ4n) is 3.07. The third-order valence-corrected chi connectivity index (χ3v) is 4.62. The van der Waals surface area contributed by atoms with Crippen LogP contribution in [0, 0.1) is 0 Å². The number of alkyl carbamates (subject to hydrolysis) is 1. The molecule has 1 unspecified atom stereocenters. The van der Waals surface area contributed by atoms with Crippen LogP contribution < -0.4 is 5.32 Å². The summed E-state index contributed by atoms with van der Waals surface area (Å²) < 4.78 is 5.38. The van der Waals surface area contributed by atoms with Gasteiger partial charge in [-0.15, -0.1) is 0 Å². The second-order valence-electron chi connectivity index (χ2n) is 7.92. The van der Waals surface area contributed by atoms with Crippen molar-refractivity contribution in [2.24, 2.45) is 0 Å². The second-order valence-corrected chi connectivity index (χ2v) is 7.92. The maximum atomic E-state index is 12.1. The van der Waals surface area contributed by atoms with E-state index in [1.807, 2.05) is 39.1 Å². The molecular weight excluding hydrogens is 350 g/mol. The van der Waals surface area contributed by atoms with Crippen LogP contribution >= 0.6 is 0 Å². The molecule has 0 bridgehead atoms. The van der Waals surface area contributed by atoms with Gasteiger partial charge in [0.2, 0.25) is 0 Å². The quantitative estimate of drug-likeness (QED) is 0.725. The van der Waals surface area contributed by atoms with E-state index in [9.17, 15) is 4.79 Å². The Bertz CT molecular complexity index is 720. The molecule has 1 atom stereocenters. The Labute approximate surface area is 169 Å². The smallest absolute Gasteiger partial charge is 0.407 e. The number of rotatable bonds is 8. The molecule has 0 aliphatic rings. The van der Waals surface area contributed by atoms with Gasteiger partial charge in [-0.3, -0.25) is 9.88 Å². The molecule has 2 aromatic rings. The fourth-order valence-corrected chi connectivity index (χ4v) is 3.07. The summed E-state index contributed by atoms with van der Waals surface area (Å²) in [6, 6.07) is 12.6.